The van der Waals surface area contributed by atoms with Crippen molar-refractivity contribution in [1.82, 2.24) is 19.9 Å². The van der Waals surface area contributed by atoms with Crippen molar-refractivity contribution < 1.29 is 4.79 Å². The summed E-state index contributed by atoms with van der Waals surface area (Å²) < 4.78 is 0. The number of pyridine rings is 1. The standard InChI is InChI=1S/C22H22N6O3S/c1-3-28(4-2)15-7-5-13(6-8-15)16-12-32-22(24-16)25-17(29)11-14-9-10-23-19-18(14)20(30)27-21(31)26-19/h5-10,12H,3-4,11H2,1-2H3,(H,24,25,29)(H2,23,26,27,30,31). The number of nitrogens with one attached hydrogen (secondary N) is 3. The number of hydrogen-bond donors (Lipinski definition) is 3. The lowest BCUT2D eigenvalue weighted by Gasteiger charge is -2.20. The molecule has 10 heteroatoms. The van der Waals surface area contributed by atoms with E-state index in [4.69, 9.17) is 0 Å². The number of H-pyrrole nitrogens is 2. The number of hydrogen-bond acceptors (Lipinski definition) is 7. The summed E-state index contributed by atoms with van der Waals surface area (Å²) >= 11 is 1.33. The SMILES string of the molecule is CCN(CC)c1ccc(-c2csc(NC(=O)Cc3ccnc4[nH]c(=O)[nH]c(=O)c34)n2)cc1. The molecule has 0 bridgehead atoms. The minimum atomic E-state index is -0.642. The van der Waals surface area contributed by atoms with Crippen molar-refractivity contribution in [3.05, 3.63) is 68.3 Å². The average molecular weight is 451 g/mol. The van der Waals surface area contributed by atoms with Gasteiger partial charge in [0.05, 0.1) is 17.5 Å². The molecule has 0 unspecified atom stereocenters. The number of aromatic amines is 2. The fourth-order valence-electron chi connectivity index (χ4n) is 3.53. The van der Waals surface area contributed by atoms with E-state index >= 15 is 0 Å². The topological polar surface area (TPSA) is 124 Å². The number of rotatable bonds is 7. The van der Waals surface area contributed by atoms with Crippen LogP contribution in [0.2, 0.25) is 0 Å². The predicted molar refractivity (Wildman–Crippen MR) is 126 cm³/mol. The van der Waals surface area contributed by atoms with Crippen molar-refractivity contribution in [1.29, 1.82) is 0 Å². The van der Waals surface area contributed by atoms with Gasteiger partial charge in [-0.05, 0) is 37.6 Å². The molecular formula is C22H22N6O3S. The van der Waals surface area contributed by atoms with E-state index < -0.39 is 11.2 Å². The Morgan fingerprint density at radius 3 is 2.56 bits per heavy atom. The van der Waals surface area contributed by atoms with Crippen LogP contribution in [0, 0.1) is 0 Å². The molecule has 0 aliphatic heterocycles. The first kappa shape index (κ1) is 21.4. The number of fused-ring (bicyclic) bond motifs is 1. The minimum absolute atomic E-state index is 0.0539. The number of carbonyl (C=O) groups excluding carboxylic acids is 1. The molecule has 0 fully saturated rings. The van der Waals surface area contributed by atoms with Crippen LogP contribution >= 0.6 is 11.3 Å². The third-order valence-electron chi connectivity index (χ3n) is 5.12. The van der Waals surface area contributed by atoms with Crippen LogP contribution in [0.4, 0.5) is 10.8 Å². The number of benzene rings is 1. The summed E-state index contributed by atoms with van der Waals surface area (Å²) in [6.45, 7) is 6.13. The van der Waals surface area contributed by atoms with Crippen LogP contribution in [0.5, 0.6) is 0 Å². The molecule has 0 saturated carbocycles. The van der Waals surface area contributed by atoms with E-state index in [2.05, 4.69) is 56.1 Å². The second-order valence-electron chi connectivity index (χ2n) is 7.08. The molecule has 3 N–H and O–H groups in total. The van der Waals surface area contributed by atoms with Gasteiger partial charge in [-0.15, -0.1) is 11.3 Å². The molecule has 1 amide bonds. The van der Waals surface area contributed by atoms with E-state index in [1.807, 2.05) is 17.5 Å². The zero-order valence-corrected chi connectivity index (χ0v) is 18.5. The molecule has 3 aromatic heterocycles. The normalized spacial score (nSPS) is 10.9. The van der Waals surface area contributed by atoms with Gasteiger partial charge in [0.2, 0.25) is 5.91 Å². The van der Waals surface area contributed by atoms with Gasteiger partial charge in [0.1, 0.15) is 5.65 Å². The molecule has 0 radical (unpaired) electrons. The largest absolute Gasteiger partial charge is 0.372 e. The number of carbonyl (C=O) groups is 1. The van der Waals surface area contributed by atoms with E-state index in [9.17, 15) is 14.4 Å². The molecule has 3 heterocycles. The fraction of sp³-hybridized carbons (Fsp3) is 0.227. The molecule has 9 nitrogen and oxygen atoms in total. The Balaban J connectivity index is 1.49. The summed E-state index contributed by atoms with van der Waals surface area (Å²) in [5, 5.41) is 5.33. The van der Waals surface area contributed by atoms with Gasteiger partial charge >= 0.3 is 5.69 Å². The molecule has 0 spiro atoms. The third-order valence-corrected chi connectivity index (χ3v) is 5.87. The van der Waals surface area contributed by atoms with Gasteiger partial charge in [-0.3, -0.25) is 19.6 Å². The maximum absolute atomic E-state index is 12.6. The molecule has 4 rings (SSSR count). The van der Waals surface area contributed by atoms with Gasteiger partial charge < -0.3 is 10.2 Å². The summed E-state index contributed by atoms with van der Waals surface area (Å²) in [7, 11) is 0. The lowest BCUT2D eigenvalue weighted by molar-refractivity contribution is -0.115. The van der Waals surface area contributed by atoms with E-state index in [1.165, 1.54) is 17.5 Å². The molecule has 164 valence electrons. The zero-order chi connectivity index (χ0) is 22.7. The van der Waals surface area contributed by atoms with Crippen LogP contribution in [-0.4, -0.2) is 38.9 Å². The van der Waals surface area contributed by atoms with Crippen molar-refractivity contribution in [3.8, 4) is 11.3 Å². The number of anilines is 2. The molecule has 4 aromatic rings. The highest BCUT2D eigenvalue weighted by Crippen LogP contribution is 2.27. The zero-order valence-electron chi connectivity index (χ0n) is 17.6. The van der Waals surface area contributed by atoms with E-state index in [0.717, 1.165) is 30.0 Å². The lowest BCUT2D eigenvalue weighted by atomic mass is 10.1. The van der Waals surface area contributed by atoms with Crippen LogP contribution in [0.1, 0.15) is 19.4 Å². The van der Waals surface area contributed by atoms with Gasteiger partial charge in [-0.2, -0.15) is 0 Å². The van der Waals surface area contributed by atoms with Crippen LogP contribution in [0.15, 0.2) is 51.5 Å². The van der Waals surface area contributed by atoms with Gasteiger partial charge in [0.15, 0.2) is 5.13 Å². The van der Waals surface area contributed by atoms with Gasteiger partial charge in [0.25, 0.3) is 5.56 Å². The van der Waals surface area contributed by atoms with Crippen molar-refractivity contribution in [2.24, 2.45) is 0 Å². The molecule has 32 heavy (non-hydrogen) atoms. The van der Waals surface area contributed by atoms with E-state index in [1.54, 1.807) is 6.07 Å². The Kier molecular flexibility index (Phi) is 6.13. The maximum Gasteiger partial charge on any atom is 0.327 e. The van der Waals surface area contributed by atoms with Crippen LogP contribution < -0.4 is 21.5 Å². The summed E-state index contributed by atoms with van der Waals surface area (Å²) in [5.41, 5.74) is 2.29. The number of thiazole rings is 1. The predicted octanol–water partition coefficient (Wildman–Crippen LogP) is 2.76. The van der Waals surface area contributed by atoms with E-state index in [-0.39, 0.29) is 23.4 Å². The Morgan fingerprint density at radius 2 is 1.84 bits per heavy atom. The van der Waals surface area contributed by atoms with Gasteiger partial charge in [-0.1, -0.05) is 12.1 Å². The quantitative estimate of drug-likeness (QED) is 0.398. The average Bonchev–Trinajstić information content (AvgIpc) is 3.23. The fourth-order valence-corrected chi connectivity index (χ4v) is 4.27. The maximum atomic E-state index is 12.6. The van der Waals surface area contributed by atoms with Crippen LogP contribution in [0.3, 0.4) is 0 Å². The number of amides is 1. The van der Waals surface area contributed by atoms with Crippen molar-refractivity contribution >= 4 is 39.1 Å². The summed E-state index contributed by atoms with van der Waals surface area (Å²) in [6, 6.07) is 9.75. The second kappa shape index (κ2) is 9.15. The molecule has 0 saturated heterocycles. The van der Waals surface area contributed by atoms with Gasteiger partial charge in [-0.25, -0.2) is 14.8 Å². The Labute approximate surface area is 187 Å². The second-order valence-corrected chi connectivity index (χ2v) is 7.94. The first-order valence-corrected chi connectivity index (χ1v) is 11.1. The monoisotopic (exact) mass is 450 g/mol. The van der Waals surface area contributed by atoms with Crippen molar-refractivity contribution in [3.63, 3.8) is 0 Å². The highest BCUT2D eigenvalue weighted by molar-refractivity contribution is 7.14. The first-order chi connectivity index (χ1) is 15.5. The van der Waals surface area contributed by atoms with Crippen molar-refractivity contribution in [2.45, 2.75) is 20.3 Å². The molecular weight excluding hydrogens is 428 g/mol. The van der Waals surface area contributed by atoms with Crippen molar-refractivity contribution in [2.75, 3.05) is 23.3 Å². The van der Waals surface area contributed by atoms with Crippen LogP contribution in [-0.2, 0) is 11.2 Å². The number of aromatic nitrogens is 4. The highest BCUT2D eigenvalue weighted by Gasteiger charge is 2.14. The summed E-state index contributed by atoms with van der Waals surface area (Å²) in [4.78, 5) is 51.6. The third kappa shape index (κ3) is 4.45. The molecule has 0 aliphatic carbocycles. The summed E-state index contributed by atoms with van der Waals surface area (Å²) in [6.07, 6.45) is 1.39. The van der Waals surface area contributed by atoms with Gasteiger partial charge in [0, 0.05) is 35.9 Å². The Morgan fingerprint density at radius 1 is 1.09 bits per heavy atom. The summed E-state index contributed by atoms with van der Waals surface area (Å²) in [5.74, 6) is -0.319. The molecule has 0 atom stereocenters. The Hall–Kier alpha value is -3.79. The van der Waals surface area contributed by atoms with Crippen LogP contribution in [0.25, 0.3) is 22.3 Å². The minimum Gasteiger partial charge on any atom is -0.372 e. The first-order valence-electron chi connectivity index (χ1n) is 10.2. The smallest absolute Gasteiger partial charge is 0.327 e. The molecule has 1 aromatic carbocycles. The highest BCUT2D eigenvalue weighted by atomic mass is 32.1. The Bertz CT molecular complexity index is 1370. The lowest BCUT2D eigenvalue weighted by Crippen LogP contribution is -2.24. The molecule has 0 aliphatic rings. The van der Waals surface area contributed by atoms with E-state index in [0.29, 0.717) is 10.7 Å². The number of nitrogens with zero attached hydrogens (tertiary/aromatic N) is 3.